The average Bonchev–Trinajstić information content (AvgIpc) is 2.94. The number of benzene rings is 1. The van der Waals surface area contributed by atoms with E-state index in [-0.39, 0.29) is 25.9 Å². The SMILES string of the molecule is CCN(C(=O)OC(C)(C)C)C(CC[C@@H](COS(C)(=O)=O)OC)c1nc(OS(C)(=O)=O)c(OS(C)(=O)=O)c(C(=O)NCc2ccc(F)cc2)n1. The summed E-state index contributed by atoms with van der Waals surface area (Å²) in [5.74, 6) is -3.97. The lowest BCUT2D eigenvalue weighted by molar-refractivity contribution is 0.0100. The summed E-state index contributed by atoms with van der Waals surface area (Å²) in [5, 5.41) is 2.47. The molecular formula is C28H41FN4O13S3. The summed E-state index contributed by atoms with van der Waals surface area (Å²) in [5.41, 5.74) is -1.33. The Morgan fingerprint density at radius 1 is 0.918 bits per heavy atom. The average molecular weight is 757 g/mol. The van der Waals surface area contributed by atoms with Gasteiger partial charge in [0.2, 0.25) is 5.75 Å². The summed E-state index contributed by atoms with van der Waals surface area (Å²) in [7, 11) is -11.5. The van der Waals surface area contributed by atoms with Gasteiger partial charge in [-0.3, -0.25) is 13.9 Å². The second-order valence-electron chi connectivity index (χ2n) is 11.7. The minimum atomic E-state index is -4.45. The fourth-order valence-electron chi connectivity index (χ4n) is 4.08. The van der Waals surface area contributed by atoms with Crippen LogP contribution >= 0.6 is 0 Å². The zero-order chi connectivity index (χ0) is 37.4. The predicted molar refractivity (Wildman–Crippen MR) is 173 cm³/mol. The molecular weight excluding hydrogens is 716 g/mol. The van der Waals surface area contributed by atoms with E-state index in [1.807, 2.05) is 0 Å². The molecule has 1 heterocycles. The van der Waals surface area contributed by atoms with Crippen LogP contribution in [-0.2, 0) is 50.6 Å². The van der Waals surface area contributed by atoms with E-state index >= 15 is 0 Å². The van der Waals surface area contributed by atoms with E-state index in [9.17, 15) is 39.2 Å². The Morgan fingerprint density at radius 2 is 1.51 bits per heavy atom. The molecule has 1 aromatic carbocycles. The van der Waals surface area contributed by atoms with Crippen molar-refractivity contribution in [3.05, 3.63) is 47.2 Å². The molecule has 21 heteroatoms. The summed E-state index contributed by atoms with van der Waals surface area (Å²) in [6.45, 7) is 5.78. The molecule has 2 atom stereocenters. The van der Waals surface area contributed by atoms with Gasteiger partial charge in [0.05, 0.1) is 37.5 Å². The maximum Gasteiger partial charge on any atom is 0.410 e. The summed E-state index contributed by atoms with van der Waals surface area (Å²) in [4.78, 5) is 36.5. The highest BCUT2D eigenvalue weighted by molar-refractivity contribution is 7.86. The van der Waals surface area contributed by atoms with Gasteiger partial charge in [-0.1, -0.05) is 12.1 Å². The van der Waals surface area contributed by atoms with Crippen molar-refractivity contribution in [3.63, 3.8) is 0 Å². The summed E-state index contributed by atoms with van der Waals surface area (Å²) >= 11 is 0. The van der Waals surface area contributed by atoms with Gasteiger partial charge < -0.3 is 23.2 Å². The Labute approximate surface area is 285 Å². The third kappa shape index (κ3) is 14.8. The highest BCUT2D eigenvalue weighted by atomic mass is 32.2. The van der Waals surface area contributed by atoms with Gasteiger partial charge in [0.25, 0.3) is 21.9 Å². The standard InChI is InChI=1S/C28H41FN4O13S3/c1-9-33(27(35)44-28(2,3)4)21(15-14-20(42-5)17-43-47(6,36)37)24-31-22(25(34)30-16-18-10-12-19(29)13-11-18)23(45-48(7,38)39)26(32-24)46-49(8,40)41/h10-13,20-21H,9,14-17H2,1-8H3,(H,30,34)/t20-,21?/m0/s1. The number of amides is 2. The van der Waals surface area contributed by atoms with Gasteiger partial charge in [-0.25, -0.2) is 14.2 Å². The summed E-state index contributed by atoms with van der Waals surface area (Å²) in [6, 6.07) is 3.81. The maximum absolute atomic E-state index is 13.6. The first-order chi connectivity index (χ1) is 22.4. The smallest absolute Gasteiger partial charge is 0.410 e. The fraction of sp³-hybridized carbons (Fsp3) is 0.571. The Hall–Kier alpha value is -3.66. The number of halogens is 1. The first-order valence-electron chi connectivity index (χ1n) is 14.5. The molecule has 2 aromatic rings. The van der Waals surface area contributed by atoms with E-state index in [0.717, 1.165) is 23.3 Å². The molecule has 1 aromatic heterocycles. The molecule has 17 nitrogen and oxygen atoms in total. The number of aromatic nitrogens is 2. The molecule has 0 saturated heterocycles. The lowest BCUT2D eigenvalue weighted by Crippen LogP contribution is -2.40. The van der Waals surface area contributed by atoms with Crippen LogP contribution in [0.25, 0.3) is 0 Å². The second-order valence-corrected chi connectivity index (χ2v) is 16.4. The molecule has 0 spiro atoms. The third-order valence-electron chi connectivity index (χ3n) is 6.10. The lowest BCUT2D eigenvalue weighted by atomic mass is 10.1. The molecule has 0 radical (unpaired) electrons. The monoisotopic (exact) mass is 756 g/mol. The van der Waals surface area contributed by atoms with Crippen molar-refractivity contribution in [2.45, 2.75) is 64.8 Å². The van der Waals surface area contributed by atoms with E-state index < -0.39 is 95.7 Å². The van der Waals surface area contributed by atoms with Gasteiger partial charge in [-0.2, -0.15) is 30.2 Å². The highest BCUT2D eigenvalue weighted by Gasteiger charge is 2.35. The minimum Gasteiger partial charge on any atom is -0.444 e. The first-order valence-corrected chi connectivity index (χ1v) is 20.0. The normalized spacial score (nSPS) is 13.7. The third-order valence-corrected chi connectivity index (χ3v) is 7.60. The minimum absolute atomic E-state index is 0.00466. The van der Waals surface area contributed by atoms with Crippen LogP contribution in [0.5, 0.6) is 11.6 Å². The van der Waals surface area contributed by atoms with Crippen LogP contribution in [-0.4, -0.2) is 103 Å². The van der Waals surface area contributed by atoms with E-state index in [1.54, 1.807) is 27.7 Å². The van der Waals surface area contributed by atoms with Gasteiger partial charge in [-0.15, -0.1) is 0 Å². The van der Waals surface area contributed by atoms with E-state index in [0.29, 0.717) is 18.1 Å². The van der Waals surface area contributed by atoms with Crippen LogP contribution in [0, 0.1) is 5.82 Å². The van der Waals surface area contributed by atoms with Crippen molar-refractivity contribution in [3.8, 4) is 11.6 Å². The van der Waals surface area contributed by atoms with Crippen LogP contribution in [0.1, 0.15) is 68.5 Å². The van der Waals surface area contributed by atoms with Gasteiger partial charge in [0.1, 0.15) is 11.4 Å². The number of rotatable bonds is 17. The number of hydrogen-bond donors (Lipinski definition) is 1. The molecule has 0 aliphatic carbocycles. The molecule has 0 saturated carbocycles. The Morgan fingerprint density at radius 3 is 2.00 bits per heavy atom. The molecule has 0 bridgehead atoms. The van der Waals surface area contributed by atoms with Crippen molar-refractivity contribution in [2.75, 3.05) is 39.0 Å². The van der Waals surface area contributed by atoms with Gasteiger partial charge >= 0.3 is 26.3 Å². The van der Waals surface area contributed by atoms with Crippen LogP contribution in [0.3, 0.4) is 0 Å². The number of hydrogen-bond acceptors (Lipinski definition) is 15. The predicted octanol–water partition coefficient (Wildman–Crippen LogP) is 2.29. The summed E-state index contributed by atoms with van der Waals surface area (Å²) < 4.78 is 111. The molecule has 1 unspecified atom stereocenters. The first kappa shape index (κ1) is 41.5. The van der Waals surface area contributed by atoms with Crippen LogP contribution < -0.4 is 13.7 Å². The molecule has 0 aliphatic rings. The number of methoxy groups -OCH3 is 1. The molecule has 49 heavy (non-hydrogen) atoms. The van der Waals surface area contributed by atoms with Gasteiger partial charge in [0.15, 0.2) is 11.5 Å². The van der Waals surface area contributed by atoms with E-state index in [1.165, 1.54) is 19.2 Å². The largest absolute Gasteiger partial charge is 0.444 e. The second kappa shape index (κ2) is 16.8. The number of carbonyl (C=O) groups excluding carboxylic acids is 2. The lowest BCUT2D eigenvalue weighted by Gasteiger charge is -2.33. The van der Waals surface area contributed by atoms with Crippen molar-refractivity contribution < 1.29 is 61.3 Å². The number of carbonyl (C=O) groups is 2. The van der Waals surface area contributed by atoms with E-state index in [2.05, 4.69) is 15.3 Å². The van der Waals surface area contributed by atoms with Crippen molar-refractivity contribution in [1.29, 1.82) is 0 Å². The molecule has 0 fully saturated rings. The Bertz CT molecular complexity index is 1800. The quantitative estimate of drug-likeness (QED) is 0.229. The zero-order valence-electron chi connectivity index (χ0n) is 28.3. The molecule has 2 amide bonds. The topological polar surface area (TPSA) is 224 Å². The number of nitrogens with one attached hydrogen (secondary N) is 1. The van der Waals surface area contributed by atoms with Gasteiger partial charge in [0, 0.05) is 20.2 Å². The van der Waals surface area contributed by atoms with E-state index in [4.69, 9.17) is 22.0 Å². The molecule has 0 aliphatic heterocycles. The Balaban J connectivity index is 2.81. The van der Waals surface area contributed by atoms with Crippen molar-refractivity contribution >= 4 is 42.4 Å². The number of ether oxygens (including phenoxy) is 2. The van der Waals surface area contributed by atoms with Gasteiger partial charge in [-0.05, 0) is 58.2 Å². The van der Waals surface area contributed by atoms with Crippen molar-refractivity contribution in [1.82, 2.24) is 20.2 Å². The fourth-order valence-corrected chi connectivity index (χ4v) is 5.33. The Kier molecular flexibility index (Phi) is 14.3. The van der Waals surface area contributed by atoms with Crippen LogP contribution in [0.4, 0.5) is 9.18 Å². The van der Waals surface area contributed by atoms with Crippen LogP contribution in [0.2, 0.25) is 0 Å². The number of nitrogens with zero attached hydrogens (tertiary/aromatic N) is 3. The molecule has 276 valence electrons. The summed E-state index contributed by atoms with van der Waals surface area (Å²) in [6.07, 6.45) is 0.272. The highest BCUT2D eigenvalue weighted by Crippen LogP contribution is 2.35. The molecule has 1 N–H and O–H groups in total. The van der Waals surface area contributed by atoms with Crippen LogP contribution in [0.15, 0.2) is 24.3 Å². The maximum atomic E-state index is 13.6. The molecule has 2 rings (SSSR count). The zero-order valence-corrected chi connectivity index (χ0v) is 30.7. The van der Waals surface area contributed by atoms with Crippen molar-refractivity contribution in [2.24, 2.45) is 0 Å².